The number of aromatic hydroxyl groups is 1. The average molecular weight is 574 g/mol. The van der Waals surface area contributed by atoms with Crippen molar-refractivity contribution in [1.29, 1.82) is 0 Å². The second kappa shape index (κ2) is 14.9. The maximum Gasteiger partial charge on any atom is 0.343 e. The normalized spacial score (nSPS) is 11.7. The summed E-state index contributed by atoms with van der Waals surface area (Å²) in [5, 5.41) is 10.9. The van der Waals surface area contributed by atoms with Crippen LogP contribution in [0.25, 0.3) is 0 Å². The molecule has 0 amide bonds. The first-order valence-corrected chi connectivity index (χ1v) is 14.8. The number of carbonyl (C=O) groups excluding carboxylic acids is 2. The minimum Gasteiger partial charge on any atom is -0.507 e. The summed E-state index contributed by atoms with van der Waals surface area (Å²) in [6.07, 6.45) is 5.95. The summed E-state index contributed by atoms with van der Waals surface area (Å²) in [7, 11) is 0. The van der Waals surface area contributed by atoms with Gasteiger partial charge < -0.3 is 19.3 Å². The summed E-state index contributed by atoms with van der Waals surface area (Å²) >= 11 is 0. The van der Waals surface area contributed by atoms with Gasteiger partial charge in [0, 0.05) is 11.1 Å². The van der Waals surface area contributed by atoms with E-state index < -0.39 is 5.97 Å². The summed E-state index contributed by atoms with van der Waals surface area (Å²) < 4.78 is 16.7. The Hall–Kier alpha value is -3.80. The number of hydrogen-bond acceptors (Lipinski definition) is 6. The van der Waals surface area contributed by atoms with E-state index in [4.69, 9.17) is 14.2 Å². The van der Waals surface area contributed by atoms with Gasteiger partial charge in [-0.25, -0.2) is 9.59 Å². The SMILES string of the molecule is CC(C)(C)c1cc(C(=O)OCCCCCCCCOc2ccc(C(=O)Oc3cc[c]cc3)cc2)cc(C(C)(C)C)c1O. The number of esters is 2. The quantitative estimate of drug-likeness (QED) is 0.125. The Kier molecular flexibility index (Phi) is 11.6. The van der Waals surface area contributed by atoms with Crippen LogP contribution in [0.3, 0.4) is 0 Å². The average Bonchev–Trinajstić information content (AvgIpc) is 2.93. The number of ether oxygens (including phenoxy) is 3. The van der Waals surface area contributed by atoms with Crippen molar-refractivity contribution in [3.8, 4) is 17.2 Å². The van der Waals surface area contributed by atoms with Crippen molar-refractivity contribution in [2.75, 3.05) is 13.2 Å². The highest BCUT2D eigenvalue weighted by Crippen LogP contribution is 2.40. The number of carbonyl (C=O) groups is 2. The standard InChI is InChI=1S/C36H45O6/c1-35(2,3)30-24-27(25-31(32(30)37)36(4,5)6)33(38)41-23-15-10-8-7-9-14-22-40-28-20-18-26(19-21-28)34(39)42-29-16-12-11-13-17-29/h12-13,16-21,24-25,37H,7-10,14-15,22-23H2,1-6H3. The number of phenols is 1. The van der Waals surface area contributed by atoms with Crippen LogP contribution in [0.15, 0.2) is 60.7 Å². The molecule has 3 aromatic carbocycles. The van der Waals surface area contributed by atoms with E-state index in [0.717, 1.165) is 55.4 Å². The summed E-state index contributed by atoms with van der Waals surface area (Å²) in [5.74, 6) is 0.713. The fourth-order valence-corrected chi connectivity index (χ4v) is 4.54. The monoisotopic (exact) mass is 573 g/mol. The van der Waals surface area contributed by atoms with Crippen LogP contribution >= 0.6 is 0 Å². The van der Waals surface area contributed by atoms with Crippen molar-refractivity contribution in [1.82, 2.24) is 0 Å². The molecule has 0 fully saturated rings. The Morgan fingerprint density at radius 3 is 1.74 bits per heavy atom. The van der Waals surface area contributed by atoms with E-state index in [-0.39, 0.29) is 22.5 Å². The molecule has 0 aliphatic heterocycles. The Labute approximate surface area is 251 Å². The van der Waals surface area contributed by atoms with Gasteiger partial charge in [0.25, 0.3) is 0 Å². The minimum absolute atomic E-state index is 0.259. The number of rotatable bonds is 13. The van der Waals surface area contributed by atoms with Crippen molar-refractivity contribution in [2.24, 2.45) is 0 Å². The van der Waals surface area contributed by atoms with Gasteiger partial charge in [-0.15, -0.1) is 0 Å². The molecule has 6 heteroatoms. The van der Waals surface area contributed by atoms with Crippen molar-refractivity contribution in [3.63, 3.8) is 0 Å². The lowest BCUT2D eigenvalue weighted by Crippen LogP contribution is -2.19. The van der Waals surface area contributed by atoms with Crippen molar-refractivity contribution >= 4 is 11.9 Å². The number of unbranched alkanes of at least 4 members (excludes halogenated alkanes) is 5. The van der Waals surface area contributed by atoms with Crippen LogP contribution in [-0.2, 0) is 15.6 Å². The highest BCUT2D eigenvalue weighted by atomic mass is 16.5. The van der Waals surface area contributed by atoms with Crippen LogP contribution in [0.1, 0.15) is 112 Å². The fraction of sp³-hybridized carbons (Fsp3) is 0.444. The first kappa shape index (κ1) is 32.7. The van der Waals surface area contributed by atoms with E-state index in [2.05, 4.69) is 6.07 Å². The highest BCUT2D eigenvalue weighted by Gasteiger charge is 2.28. The van der Waals surface area contributed by atoms with Crippen LogP contribution in [0.4, 0.5) is 0 Å². The van der Waals surface area contributed by atoms with Crippen LogP contribution in [-0.4, -0.2) is 30.3 Å². The zero-order chi connectivity index (χ0) is 30.8. The molecule has 0 saturated heterocycles. The second-order valence-corrected chi connectivity index (χ2v) is 12.7. The van der Waals surface area contributed by atoms with Crippen molar-refractivity contribution < 1.29 is 28.9 Å². The van der Waals surface area contributed by atoms with Crippen LogP contribution in [0, 0.1) is 6.07 Å². The molecule has 1 radical (unpaired) electrons. The van der Waals surface area contributed by atoms with E-state index in [0.29, 0.717) is 30.1 Å². The zero-order valence-electron chi connectivity index (χ0n) is 25.9. The third-order valence-electron chi connectivity index (χ3n) is 6.99. The Morgan fingerprint density at radius 1 is 0.667 bits per heavy atom. The first-order valence-electron chi connectivity index (χ1n) is 14.8. The van der Waals surface area contributed by atoms with Gasteiger partial charge in [-0.1, -0.05) is 79.4 Å². The molecule has 0 aliphatic carbocycles. The zero-order valence-corrected chi connectivity index (χ0v) is 25.9. The molecule has 225 valence electrons. The molecule has 6 nitrogen and oxygen atoms in total. The Morgan fingerprint density at radius 2 is 1.19 bits per heavy atom. The van der Waals surface area contributed by atoms with E-state index in [1.165, 1.54) is 0 Å². The van der Waals surface area contributed by atoms with Gasteiger partial charge in [-0.2, -0.15) is 0 Å². The van der Waals surface area contributed by atoms with Gasteiger partial charge in [0.05, 0.1) is 24.3 Å². The maximum atomic E-state index is 12.8. The summed E-state index contributed by atoms with van der Waals surface area (Å²) in [5.41, 5.74) is 1.87. The largest absolute Gasteiger partial charge is 0.507 e. The molecular formula is C36H45O6. The molecule has 0 saturated carbocycles. The van der Waals surface area contributed by atoms with Gasteiger partial charge in [-0.05, 0) is 78.3 Å². The molecule has 0 bridgehead atoms. The fourth-order valence-electron chi connectivity index (χ4n) is 4.54. The predicted octanol–water partition coefficient (Wildman–Crippen LogP) is 8.58. The molecular weight excluding hydrogens is 528 g/mol. The first-order chi connectivity index (χ1) is 19.9. The molecule has 0 heterocycles. The van der Waals surface area contributed by atoms with E-state index in [1.807, 2.05) is 41.5 Å². The van der Waals surface area contributed by atoms with Crippen molar-refractivity contribution in [3.05, 3.63) is 89.0 Å². The topological polar surface area (TPSA) is 82.1 Å². The molecule has 0 aromatic heterocycles. The smallest absolute Gasteiger partial charge is 0.343 e. The molecule has 0 unspecified atom stereocenters. The highest BCUT2D eigenvalue weighted by molar-refractivity contribution is 5.91. The third-order valence-corrected chi connectivity index (χ3v) is 6.99. The second-order valence-electron chi connectivity index (χ2n) is 12.7. The Bertz CT molecular complexity index is 1260. The van der Waals surface area contributed by atoms with Gasteiger partial charge in [0.2, 0.25) is 0 Å². The molecule has 42 heavy (non-hydrogen) atoms. The molecule has 0 spiro atoms. The third kappa shape index (κ3) is 9.93. The lowest BCUT2D eigenvalue weighted by Gasteiger charge is -2.28. The summed E-state index contributed by atoms with van der Waals surface area (Å²) in [6.45, 7) is 13.2. The Balaban J connectivity index is 1.30. The van der Waals surface area contributed by atoms with Gasteiger partial charge >= 0.3 is 11.9 Å². The number of benzene rings is 3. The molecule has 3 rings (SSSR count). The van der Waals surface area contributed by atoms with E-state index in [9.17, 15) is 14.7 Å². The van der Waals surface area contributed by atoms with Gasteiger partial charge in [0.15, 0.2) is 0 Å². The van der Waals surface area contributed by atoms with E-state index in [1.54, 1.807) is 60.7 Å². The molecule has 3 aromatic rings. The molecule has 1 N–H and O–H groups in total. The summed E-state index contributed by atoms with van der Waals surface area (Å²) in [4.78, 5) is 25.1. The van der Waals surface area contributed by atoms with Gasteiger partial charge in [-0.3, -0.25) is 0 Å². The predicted molar refractivity (Wildman–Crippen MR) is 166 cm³/mol. The molecule has 0 atom stereocenters. The van der Waals surface area contributed by atoms with Crippen LogP contribution < -0.4 is 9.47 Å². The van der Waals surface area contributed by atoms with Crippen LogP contribution in [0.5, 0.6) is 17.2 Å². The summed E-state index contributed by atoms with van der Waals surface area (Å²) in [6, 6.07) is 20.2. The van der Waals surface area contributed by atoms with Crippen LogP contribution in [0.2, 0.25) is 0 Å². The van der Waals surface area contributed by atoms with Gasteiger partial charge in [0.1, 0.15) is 17.2 Å². The lowest BCUT2D eigenvalue weighted by atomic mass is 9.78. The lowest BCUT2D eigenvalue weighted by molar-refractivity contribution is 0.0497. The number of phenolic OH excluding ortho intramolecular Hbond substituents is 1. The van der Waals surface area contributed by atoms with E-state index >= 15 is 0 Å². The van der Waals surface area contributed by atoms with Crippen molar-refractivity contribution in [2.45, 2.75) is 90.9 Å². The number of hydrogen-bond donors (Lipinski definition) is 1. The molecule has 0 aliphatic rings. The maximum absolute atomic E-state index is 12.8. The minimum atomic E-state index is -0.410.